The van der Waals surface area contributed by atoms with Gasteiger partial charge in [-0.3, -0.25) is 4.79 Å². The monoisotopic (exact) mass is 305 g/mol. The molecule has 5 heteroatoms. The standard InChI is InChI=1S/C18H15N3O2/c1-11-6-2-5-9-14(11)21-10-15(22)16(18(21)23)17-19-12-7-3-4-8-13(12)20-17/h2-9,22H,10H2,1H3,(H,19,20). The van der Waals surface area contributed by atoms with E-state index in [9.17, 15) is 9.90 Å². The molecule has 1 aromatic heterocycles. The van der Waals surface area contributed by atoms with Crippen molar-refractivity contribution < 1.29 is 9.90 Å². The minimum absolute atomic E-state index is 0.0392. The first-order valence-electron chi connectivity index (χ1n) is 7.40. The van der Waals surface area contributed by atoms with Crippen molar-refractivity contribution in [1.82, 2.24) is 9.97 Å². The molecule has 2 N–H and O–H groups in total. The number of aryl methyl sites for hydroxylation is 1. The van der Waals surface area contributed by atoms with Crippen molar-refractivity contribution in [3.63, 3.8) is 0 Å². The number of rotatable bonds is 2. The minimum atomic E-state index is -0.240. The van der Waals surface area contributed by atoms with Crippen LogP contribution in [0.1, 0.15) is 11.4 Å². The van der Waals surface area contributed by atoms with Crippen LogP contribution in [0.4, 0.5) is 5.69 Å². The Labute approximate surface area is 132 Å². The molecule has 0 spiro atoms. The van der Waals surface area contributed by atoms with Crippen molar-refractivity contribution in [1.29, 1.82) is 0 Å². The zero-order chi connectivity index (χ0) is 16.0. The molecular formula is C18H15N3O2. The van der Waals surface area contributed by atoms with Gasteiger partial charge in [-0.25, -0.2) is 4.98 Å². The van der Waals surface area contributed by atoms with Crippen molar-refractivity contribution in [3.05, 3.63) is 65.7 Å². The number of aromatic nitrogens is 2. The number of fused-ring (bicyclic) bond motifs is 1. The molecule has 23 heavy (non-hydrogen) atoms. The molecule has 1 aliphatic rings. The van der Waals surface area contributed by atoms with E-state index < -0.39 is 0 Å². The van der Waals surface area contributed by atoms with E-state index in [1.54, 1.807) is 4.90 Å². The second kappa shape index (κ2) is 4.98. The summed E-state index contributed by atoms with van der Waals surface area (Å²) in [7, 11) is 0. The van der Waals surface area contributed by atoms with Crippen LogP contribution >= 0.6 is 0 Å². The number of carbonyl (C=O) groups excluding carboxylic acids is 1. The predicted octanol–water partition coefficient (Wildman–Crippen LogP) is 3.19. The molecule has 0 fully saturated rings. The Balaban J connectivity index is 1.76. The summed E-state index contributed by atoms with van der Waals surface area (Å²) in [4.78, 5) is 21.9. The van der Waals surface area contributed by atoms with Crippen LogP contribution < -0.4 is 4.90 Å². The molecule has 0 saturated carbocycles. The van der Waals surface area contributed by atoms with Gasteiger partial charge in [0.2, 0.25) is 0 Å². The van der Waals surface area contributed by atoms with Crippen molar-refractivity contribution in [2.24, 2.45) is 0 Å². The maximum atomic E-state index is 12.8. The summed E-state index contributed by atoms with van der Waals surface area (Å²) < 4.78 is 0. The average Bonchev–Trinajstić information content (AvgIpc) is 3.08. The summed E-state index contributed by atoms with van der Waals surface area (Å²) >= 11 is 0. The third-order valence-corrected chi connectivity index (χ3v) is 4.09. The van der Waals surface area contributed by atoms with Crippen LogP contribution in [0.5, 0.6) is 0 Å². The second-order valence-corrected chi connectivity index (χ2v) is 5.60. The largest absolute Gasteiger partial charge is 0.509 e. The summed E-state index contributed by atoms with van der Waals surface area (Å²) in [5.41, 5.74) is 3.63. The van der Waals surface area contributed by atoms with Crippen molar-refractivity contribution in [2.45, 2.75) is 6.92 Å². The average molecular weight is 305 g/mol. The number of benzene rings is 2. The number of hydrogen-bond donors (Lipinski definition) is 2. The molecule has 2 aromatic carbocycles. The van der Waals surface area contributed by atoms with Crippen LogP contribution in [0, 0.1) is 6.92 Å². The highest BCUT2D eigenvalue weighted by atomic mass is 16.3. The number of amides is 1. The lowest BCUT2D eigenvalue weighted by Crippen LogP contribution is -2.27. The van der Waals surface area contributed by atoms with Gasteiger partial charge in [-0.15, -0.1) is 0 Å². The number of nitrogens with zero attached hydrogens (tertiary/aromatic N) is 2. The molecule has 1 amide bonds. The zero-order valence-corrected chi connectivity index (χ0v) is 12.6. The first-order valence-corrected chi connectivity index (χ1v) is 7.40. The van der Waals surface area contributed by atoms with Gasteiger partial charge in [0, 0.05) is 5.69 Å². The highest BCUT2D eigenvalue weighted by molar-refractivity contribution is 6.29. The van der Waals surface area contributed by atoms with Gasteiger partial charge < -0.3 is 15.0 Å². The van der Waals surface area contributed by atoms with Gasteiger partial charge in [0.05, 0.1) is 17.6 Å². The van der Waals surface area contributed by atoms with E-state index in [1.807, 2.05) is 55.5 Å². The van der Waals surface area contributed by atoms with E-state index in [0.29, 0.717) is 5.82 Å². The molecule has 2 heterocycles. The number of aromatic amines is 1. The molecule has 5 nitrogen and oxygen atoms in total. The van der Waals surface area contributed by atoms with Crippen LogP contribution in [0.3, 0.4) is 0 Å². The van der Waals surface area contributed by atoms with E-state index in [1.165, 1.54) is 0 Å². The van der Waals surface area contributed by atoms with Gasteiger partial charge in [0.15, 0.2) is 0 Å². The van der Waals surface area contributed by atoms with Crippen molar-refractivity contribution >= 4 is 28.2 Å². The Kier molecular flexibility index (Phi) is 2.94. The maximum Gasteiger partial charge on any atom is 0.265 e. The molecular weight excluding hydrogens is 290 g/mol. The number of hydrogen-bond acceptors (Lipinski definition) is 3. The zero-order valence-electron chi connectivity index (χ0n) is 12.6. The van der Waals surface area contributed by atoms with Crippen LogP contribution in [-0.4, -0.2) is 27.5 Å². The fourth-order valence-electron chi connectivity index (χ4n) is 2.93. The van der Waals surface area contributed by atoms with Gasteiger partial charge in [-0.05, 0) is 30.7 Å². The van der Waals surface area contributed by atoms with E-state index in [2.05, 4.69) is 9.97 Å². The maximum absolute atomic E-state index is 12.8. The lowest BCUT2D eigenvalue weighted by Gasteiger charge is -2.18. The number of nitrogens with one attached hydrogen (secondary N) is 1. The Hall–Kier alpha value is -3.08. The van der Waals surface area contributed by atoms with Crippen molar-refractivity contribution in [3.8, 4) is 0 Å². The summed E-state index contributed by atoms with van der Waals surface area (Å²) in [6, 6.07) is 15.2. The van der Waals surface area contributed by atoms with Gasteiger partial charge in [0.25, 0.3) is 5.91 Å². The third-order valence-electron chi connectivity index (χ3n) is 4.09. The normalized spacial score (nSPS) is 15.0. The number of imidazole rings is 1. The Bertz CT molecular complexity index is 923. The lowest BCUT2D eigenvalue weighted by atomic mass is 10.2. The first-order chi connectivity index (χ1) is 11.1. The Morgan fingerprint density at radius 2 is 1.87 bits per heavy atom. The smallest absolute Gasteiger partial charge is 0.265 e. The number of aliphatic hydroxyl groups is 1. The molecule has 0 radical (unpaired) electrons. The van der Waals surface area contributed by atoms with Gasteiger partial charge in [-0.2, -0.15) is 0 Å². The molecule has 3 aromatic rings. The van der Waals surface area contributed by atoms with Gasteiger partial charge in [-0.1, -0.05) is 30.3 Å². The highest BCUT2D eigenvalue weighted by Crippen LogP contribution is 2.31. The first kappa shape index (κ1) is 13.6. The Morgan fingerprint density at radius 3 is 2.65 bits per heavy atom. The molecule has 0 unspecified atom stereocenters. The van der Waals surface area contributed by atoms with E-state index in [-0.39, 0.29) is 23.8 Å². The summed E-state index contributed by atoms with van der Waals surface area (Å²) in [5, 5.41) is 10.3. The molecule has 0 atom stereocenters. The SMILES string of the molecule is Cc1ccccc1N1CC(O)=C(c2nc3ccccc3[nH]2)C1=O. The number of H-pyrrole nitrogens is 1. The minimum Gasteiger partial charge on any atom is -0.509 e. The van der Waals surface area contributed by atoms with Crippen molar-refractivity contribution in [2.75, 3.05) is 11.4 Å². The lowest BCUT2D eigenvalue weighted by molar-refractivity contribution is -0.112. The van der Waals surface area contributed by atoms with Crippen LogP contribution in [-0.2, 0) is 4.79 Å². The number of carbonyl (C=O) groups is 1. The van der Waals surface area contributed by atoms with E-state index in [0.717, 1.165) is 22.3 Å². The Morgan fingerprint density at radius 1 is 1.13 bits per heavy atom. The fraction of sp³-hybridized carbons (Fsp3) is 0.111. The predicted molar refractivity (Wildman–Crippen MR) is 89.2 cm³/mol. The van der Waals surface area contributed by atoms with Gasteiger partial charge >= 0.3 is 0 Å². The molecule has 0 aliphatic carbocycles. The van der Waals surface area contributed by atoms with Gasteiger partial charge in [0.1, 0.15) is 17.2 Å². The highest BCUT2D eigenvalue weighted by Gasteiger charge is 2.34. The topological polar surface area (TPSA) is 69.2 Å². The second-order valence-electron chi connectivity index (χ2n) is 5.60. The molecule has 4 rings (SSSR count). The van der Waals surface area contributed by atoms with E-state index in [4.69, 9.17) is 0 Å². The number of para-hydroxylation sites is 3. The summed E-state index contributed by atoms with van der Waals surface area (Å²) in [5.74, 6) is 0.206. The molecule has 1 aliphatic heterocycles. The molecule has 114 valence electrons. The summed E-state index contributed by atoms with van der Waals surface area (Å²) in [6.07, 6.45) is 0. The van der Waals surface area contributed by atoms with E-state index >= 15 is 0 Å². The number of aliphatic hydroxyl groups excluding tert-OH is 1. The van der Waals surface area contributed by atoms with Crippen LogP contribution in [0.25, 0.3) is 16.6 Å². The third kappa shape index (κ3) is 2.09. The molecule has 0 bridgehead atoms. The quantitative estimate of drug-likeness (QED) is 0.764. The summed E-state index contributed by atoms with van der Waals surface area (Å²) in [6.45, 7) is 2.11. The van der Waals surface area contributed by atoms with Crippen LogP contribution in [0.2, 0.25) is 0 Å². The molecule has 0 saturated heterocycles. The van der Waals surface area contributed by atoms with Crippen LogP contribution in [0.15, 0.2) is 54.3 Å². The number of anilines is 1. The fourth-order valence-corrected chi connectivity index (χ4v) is 2.93.